The summed E-state index contributed by atoms with van der Waals surface area (Å²) in [4.78, 5) is 11.8. The fraction of sp³-hybridized carbons (Fsp3) is 0.357. The van der Waals surface area contributed by atoms with Crippen molar-refractivity contribution >= 4 is 11.6 Å². The molecule has 3 N–H and O–H groups in total. The summed E-state index contributed by atoms with van der Waals surface area (Å²) >= 11 is 0. The van der Waals surface area contributed by atoms with Crippen LogP contribution in [-0.2, 0) is 0 Å². The third-order valence-electron chi connectivity index (χ3n) is 2.49. The number of carbonyl (C=O) groups is 1. The molecule has 1 amide bonds. The van der Waals surface area contributed by atoms with E-state index >= 15 is 0 Å². The molecule has 1 aromatic rings. The number of benzene rings is 1. The predicted octanol–water partition coefficient (Wildman–Crippen LogP) is 2.11. The first kappa shape index (κ1) is 13.1. The van der Waals surface area contributed by atoms with Gasteiger partial charge in [0.05, 0.1) is 5.56 Å². The summed E-state index contributed by atoms with van der Waals surface area (Å²) in [5.41, 5.74) is 7.83. The molecule has 1 rings (SSSR count). The zero-order chi connectivity index (χ0) is 12.7. The third-order valence-corrected chi connectivity index (χ3v) is 2.49. The van der Waals surface area contributed by atoms with Crippen LogP contribution >= 0.6 is 0 Å². The molecule has 3 nitrogen and oxygen atoms in total. The Labute approximate surface area is 102 Å². The van der Waals surface area contributed by atoms with E-state index in [1.807, 2.05) is 13.0 Å². The van der Waals surface area contributed by atoms with Gasteiger partial charge in [-0.25, -0.2) is 0 Å². The topological polar surface area (TPSA) is 55.1 Å². The Morgan fingerprint density at radius 2 is 2.24 bits per heavy atom. The molecule has 0 aromatic heterocycles. The van der Waals surface area contributed by atoms with Crippen molar-refractivity contribution in [2.75, 3.05) is 12.3 Å². The molecule has 0 saturated heterocycles. The van der Waals surface area contributed by atoms with Gasteiger partial charge >= 0.3 is 0 Å². The van der Waals surface area contributed by atoms with Gasteiger partial charge in [0.1, 0.15) is 0 Å². The molecule has 17 heavy (non-hydrogen) atoms. The molecule has 0 spiro atoms. The predicted molar refractivity (Wildman–Crippen MR) is 70.6 cm³/mol. The highest BCUT2D eigenvalue weighted by molar-refractivity contribution is 5.99. The van der Waals surface area contributed by atoms with E-state index in [0.29, 0.717) is 17.8 Å². The number of aryl methyl sites for hydroxylation is 1. The molecule has 0 atom stereocenters. The van der Waals surface area contributed by atoms with Crippen LogP contribution in [0.25, 0.3) is 0 Å². The van der Waals surface area contributed by atoms with Crippen LogP contribution in [0, 0.1) is 19.3 Å². The van der Waals surface area contributed by atoms with Crippen LogP contribution in [0.3, 0.4) is 0 Å². The quantitative estimate of drug-likeness (QED) is 0.462. The number of nitrogens with two attached hydrogens (primary N) is 1. The van der Waals surface area contributed by atoms with Crippen LogP contribution in [0.15, 0.2) is 18.2 Å². The largest absolute Gasteiger partial charge is 0.398 e. The number of hydrogen-bond donors (Lipinski definition) is 2. The van der Waals surface area contributed by atoms with Gasteiger partial charge in [-0.05, 0) is 31.9 Å². The lowest BCUT2D eigenvalue weighted by Crippen LogP contribution is -2.25. The van der Waals surface area contributed by atoms with Crippen molar-refractivity contribution in [1.29, 1.82) is 0 Å². The highest BCUT2D eigenvalue weighted by Gasteiger charge is 2.08. The van der Waals surface area contributed by atoms with Crippen molar-refractivity contribution in [2.24, 2.45) is 0 Å². The Hall–Kier alpha value is -1.95. The minimum absolute atomic E-state index is 0.119. The standard InChI is InChI=1S/C14H18N2O/c1-3-4-5-6-9-16-14(17)12-10-11(2)7-8-13(12)15/h1,7-8,10H,4-6,9,15H2,2H3,(H,16,17). The summed E-state index contributed by atoms with van der Waals surface area (Å²) in [7, 11) is 0. The van der Waals surface area contributed by atoms with E-state index in [1.165, 1.54) is 0 Å². The van der Waals surface area contributed by atoms with Crippen LogP contribution in [-0.4, -0.2) is 12.5 Å². The van der Waals surface area contributed by atoms with Gasteiger partial charge in [0.15, 0.2) is 0 Å². The Balaban J connectivity index is 2.47. The number of nitrogens with one attached hydrogen (secondary N) is 1. The van der Waals surface area contributed by atoms with Crippen molar-refractivity contribution in [3.05, 3.63) is 29.3 Å². The molecular formula is C14H18N2O. The molecule has 0 heterocycles. The van der Waals surface area contributed by atoms with E-state index in [9.17, 15) is 4.79 Å². The minimum atomic E-state index is -0.119. The van der Waals surface area contributed by atoms with Crippen LogP contribution < -0.4 is 11.1 Å². The zero-order valence-electron chi connectivity index (χ0n) is 10.1. The van der Waals surface area contributed by atoms with Crippen LogP contribution in [0.4, 0.5) is 5.69 Å². The first-order valence-corrected chi connectivity index (χ1v) is 5.73. The van der Waals surface area contributed by atoms with E-state index in [4.69, 9.17) is 12.2 Å². The van der Waals surface area contributed by atoms with Gasteiger partial charge in [0.25, 0.3) is 5.91 Å². The van der Waals surface area contributed by atoms with Gasteiger partial charge in [-0.3, -0.25) is 4.79 Å². The molecular weight excluding hydrogens is 212 g/mol. The average Bonchev–Trinajstić information content (AvgIpc) is 2.32. The Morgan fingerprint density at radius 1 is 1.47 bits per heavy atom. The highest BCUT2D eigenvalue weighted by atomic mass is 16.1. The molecule has 0 aliphatic heterocycles. The Morgan fingerprint density at radius 3 is 2.94 bits per heavy atom. The smallest absolute Gasteiger partial charge is 0.253 e. The second-order valence-electron chi connectivity index (χ2n) is 4.01. The van der Waals surface area contributed by atoms with Gasteiger partial charge in [-0.15, -0.1) is 12.3 Å². The first-order valence-electron chi connectivity index (χ1n) is 5.73. The van der Waals surface area contributed by atoms with E-state index in [0.717, 1.165) is 24.8 Å². The number of rotatable bonds is 5. The lowest BCUT2D eigenvalue weighted by molar-refractivity contribution is 0.0954. The van der Waals surface area contributed by atoms with Gasteiger partial charge in [0, 0.05) is 18.7 Å². The fourth-order valence-electron chi connectivity index (χ4n) is 1.52. The van der Waals surface area contributed by atoms with Crippen LogP contribution in [0.1, 0.15) is 35.2 Å². The van der Waals surface area contributed by atoms with E-state index in [-0.39, 0.29) is 5.91 Å². The summed E-state index contributed by atoms with van der Waals surface area (Å²) < 4.78 is 0. The molecule has 90 valence electrons. The number of carbonyl (C=O) groups excluding carboxylic acids is 1. The lowest BCUT2D eigenvalue weighted by Gasteiger charge is -2.07. The van der Waals surface area contributed by atoms with E-state index < -0.39 is 0 Å². The van der Waals surface area contributed by atoms with E-state index in [1.54, 1.807) is 12.1 Å². The summed E-state index contributed by atoms with van der Waals surface area (Å²) in [6.07, 6.45) is 7.72. The molecule has 1 aromatic carbocycles. The van der Waals surface area contributed by atoms with Crippen molar-refractivity contribution in [3.63, 3.8) is 0 Å². The third kappa shape index (κ3) is 4.20. The molecule has 0 fully saturated rings. The van der Waals surface area contributed by atoms with Crippen molar-refractivity contribution in [3.8, 4) is 12.3 Å². The maximum atomic E-state index is 11.8. The van der Waals surface area contributed by atoms with Gasteiger partial charge in [-0.1, -0.05) is 11.6 Å². The SMILES string of the molecule is C#CCCCCNC(=O)c1cc(C)ccc1N. The number of unbranched alkanes of at least 4 members (excludes halogenated alkanes) is 2. The average molecular weight is 230 g/mol. The summed E-state index contributed by atoms with van der Waals surface area (Å²) in [6.45, 7) is 2.57. The van der Waals surface area contributed by atoms with Crippen LogP contribution in [0.2, 0.25) is 0 Å². The van der Waals surface area contributed by atoms with Gasteiger partial charge < -0.3 is 11.1 Å². The first-order chi connectivity index (χ1) is 8.15. The number of terminal acetylenes is 1. The minimum Gasteiger partial charge on any atom is -0.398 e. The second-order valence-corrected chi connectivity index (χ2v) is 4.01. The second kappa shape index (κ2) is 6.59. The number of nitrogen functional groups attached to an aromatic ring is 1. The number of hydrogen-bond acceptors (Lipinski definition) is 2. The van der Waals surface area contributed by atoms with Crippen molar-refractivity contribution < 1.29 is 4.79 Å². The van der Waals surface area contributed by atoms with Crippen molar-refractivity contribution in [2.45, 2.75) is 26.2 Å². The monoisotopic (exact) mass is 230 g/mol. The number of amides is 1. The van der Waals surface area contributed by atoms with Gasteiger partial charge in [0.2, 0.25) is 0 Å². The summed E-state index contributed by atoms with van der Waals surface area (Å²) in [5.74, 6) is 2.45. The molecule has 0 saturated carbocycles. The fourth-order valence-corrected chi connectivity index (χ4v) is 1.52. The summed E-state index contributed by atoms with van der Waals surface area (Å²) in [5, 5.41) is 2.84. The molecule has 0 bridgehead atoms. The zero-order valence-corrected chi connectivity index (χ0v) is 10.1. The molecule has 0 aliphatic rings. The molecule has 3 heteroatoms. The Kier molecular flexibility index (Phi) is 5.09. The summed E-state index contributed by atoms with van der Waals surface area (Å²) in [6, 6.07) is 5.44. The maximum Gasteiger partial charge on any atom is 0.253 e. The Bertz CT molecular complexity index is 432. The van der Waals surface area contributed by atoms with Crippen LogP contribution in [0.5, 0.6) is 0 Å². The molecule has 0 aliphatic carbocycles. The molecule has 0 radical (unpaired) electrons. The number of anilines is 1. The van der Waals surface area contributed by atoms with Crippen molar-refractivity contribution in [1.82, 2.24) is 5.32 Å². The van der Waals surface area contributed by atoms with E-state index in [2.05, 4.69) is 11.2 Å². The molecule has 0 unspecified atom stereocenters. The maximum absolute atomic E-state index is 11.8. The van der Waals surface area contributed by atoms with Gasteiger partial charge in [-0.2, -0.15) is 0 Å². The lowest BCUT2D eigenvalue weighted by atomic mass is 10.1. The highest BCUT2D eigenvalue weighted by Crippen LogP contribution is 2.13. The normalized spacial score (nSPS) is 9.65.